The van der Waals surface area contributed by atoms with Crippen LogP contribution in [-0.4, -0.2) is 23.3 Å². The van der Waals surface area contributed by atoms with E-state index in [1.54, 1.807) is 12.1 Å². The molecule has 2 aromatic carbocycles. The number of rotatable bonds is 4. The number of halogens is 2. The van der Waals surface area contributed by atoms with Gasteiger partial charge in [0.05, 0.1) is 16.3 Å². The second-order valence-electron chi connectivity index (χ2n) is 5.26. The first-order valence-corrected chi connectivity index (χ1v) is 8.61. The lowest BCUT2D eigenvalue weighted by Gasteiger charge is -2.09. The van der Waals surface area contributed by atoms with Crippen LogP contribution in [0.3, 0.4) is 0 Å². The first kappa shape index (κ1) is 17.1. The molecule has 25 heavy (non-hydrogen) atoms. The van der Waals surface area contributed by atoms with Crippen molar-refractivity contribution in [1.82, 2.24) is 9.78 Å². The molecule has 0 atom stereocenters. The van der Waals surface area contributed by atoms with Gasteiger partial charge in [-0.1, -0.05) is 6.07 Å². The van der Waals surface area contributed by atoms with E-state index in [4.69, 9.17) is 5.14 Å². The van der Waals surface area contributed by atoms with Gasteiger partial charge in [0.2, 0.25) is 10.0 Å². The average molecular weight is 365 g/mol. The number of benzene rings is 2. The molecule has 0 spiro atoms. The predicted molar refractivity (Wildman–Crippen MR) is 87.0 cm³/mol. The zero-order chi connectivity index (χ0) is 18.2. The number of sulfonamides is 1. The molecule has 9 heteroatoms. The maximum absolute atomic E-state index is 13.1. The van der Waals surface area contributed by atoms with Gasteiger partial charge in [0, 0.05) is 5.56 Å². The highest BCUT2D eigenvalue weighted by Crippen LogP contribution is 2.29. The van der Waals surface area contributed by atoms with Gasteiger partial charge in [0.15, 0.2) is 0 Å². The van der Waals surface area contributed by atoms with Gasteiger partial charge in [-0.25, -0.2) is 27.0 Å². The van der Waals surface area contributed by atoms with Crippen molar-refractivity contribution < 1.29 is 22.3 Å². The summed E-state index contributed by atoms with van der Waals surface area (Å²) in [4.78, 5) is -0.157. The molecule has 0 aliphatic carbocycles. The summed E-state index contributed by atoms with van der Waals surface area (Å²) in [6.07, 6.45) is -2.79. The Morgan fingerprint density at radius 1 is 1.08 bits per heavy atom. The smallest absolute Gasteiger partial charge is 0.282 e. The number of alkyl halides is 2. The van der Waals surface area contributed by atoms with Crippen molar-refractivity contribution >= 4 is 10.0 Å². The normalized spacial score (nSPS) is 11.8. The first-order valence-electron chi connectivity index (χ1n) is 7.06. The van der Waals surface area contributed by atoms with Crippen LogP contribution < -0.4 is 5.14 Å². The Bertz CT molecular complexity index is 1020. The van der Waals surface area contributed by atoms with Crippen molar-refractivity contribution in [3.8, 4) is 22.7 Å². The highest BCUT2D eigenvalue weighted by Gasteiger charge is 2.19. The van der Waals surface area contributed by atoms with Crippen molar-refractivity contribution in [2.45, 2.75) is 11.3 Å². The number of nitrogens with zero attached hydrogens (tertiary/aromatic N) is 2. The lowest BCUT2D eigenvalue weighted by atomic mass is 10.1. The molecule has 0 saturated heterocycles. The van der Waals surface area contributed by atoms with Crippen molar-refractivity contribution in [3.05, 3.63) is 60.3 Å². The molecule has 0 unspecified atom stereocenters. The second-order valence-corrected chi connectivity index (χ2v) is 6.82. The third kappa shape index (κ3) is 3.52. The minimum atomic E-state index is -3.95. The highest BCUT2D eigenvalue weighted by atomic mass is 32.2. The monoisotopic (exact) mass is 365 g/mol. The standard InChI is InChI=1S/C16H13F2N3O3S/c17-16(18)14-9-15(10-4-6-12(22)7-5-10)21(20-14)11-2-1-3-13(8-11)25(19,23)24/h1-9,16,22H,(H2,19,23,24). The SMILES string of the molecule is NS(=O)(=O)c1cccc(-n2nc(C(F)F)cc2-c2ccc(O)cc2)c1. The van der Waals surface area contributed by atoms with Gasteiger partial charge in [-0.3, -0.25) is 0 Å². The molecular formula is C16H13F2N3O3S. The lowest BCUT2D eigenvalue weighted by Crippen LogP contribution is -2.12. The van der Waals surface area contributed by atoms with E-state index in [1.165, 1.54) is 47.1 Å². The van der Waals surface area contributed by atoms with Gasteiger partial charge in [-0.15, -0.1) is 0 Å². The van der Waals surface area contributed by atoms with Crippen LogP contribution in [-0.2, 0) is 10.0 Å². The summed E-state index contributed by atoms with van der Waals surface area (Å²) in [7, 11) is -3.95. The maximum Gasteiger partial charge on any atom is 0.282 e. The van der Waals surface area contributed by atoms with Gasteiger partial charge in [-0.2, -0.15) is 5.10 Å². The van der Waals surface area contributed by atoms with Crippen LogP contribution in [0.15, 0.2) is 59.5 Å². The molecule has 0 radical (unpaired) electrons. The molecule has 6 nitrogen and oxygen atoms in total. The van der Waals surface area contributed by atoms with Gasteiger partial charge in [-0.05, 0) is 48.5 Å². The summed E-state index contributed by atoms with van der Waals surface area (Å²) >= 11 is 0. The Morgan fingerprint density at radius 2 is 1.76 bits per heavy atom. The van der Waals surface area contributed by atoms with Gasteiger partial charge in [0.1, 0.15) is 11.4 Å². The summed E-state index contributed by atoms with van der Waals surface area (Å²) < 4.78 is 50.4. The van der Waals surface area contributed by atoms with E-state index in [0.717, 1.165) is 0 Å². The molecule has 3 N–H and O–H groups in total. The van der Waals surface area contributed by atoms with Crippen LogP contribution >= 0.6 is 0 Å². The van der Waals surface area contributed by atoms with Crippen LogP contribution in [0.5, 0.6) is 5.75 Å². The number of phenols is 1. The number of hydrogen-bond donors (Lipinski definition) is 2. The number of hydrogen-bond acceptors (Lipinski definition) is 4. The molecular weight excluding hydrogens is 352 g/mol. The molecule has 0 saturated carbocycles. The van der Waals surface area contributed by atoms with Crippen molar-refractivity contribution in [2.24, 2.45) is 5.14 Å². The van der Waals surface area contributed by atoms with Gasteiger partial charge in [0.25, 0.3) is 6.43 Å². The maximum atomic E-state index is 13.1. The molecule has 3 rings (SSSR count). The van der Waals surface area contributed by atoms with Crippen LogP contribution in [0.4, 0.5) is 8.78 Å². The van der Waals surface area contributed by atoms with Gasteiger partial charge < -0.3 is 5.11 Å². The third-order valence-electron chi connectivity index (χ3n) is 3.51. The fraction of sp³-hybridized carbons (Fsp3) is 0.0625. The van der Waals surface area contributed by atoms with E-state index in [-0.39, 0.29) is 16.3 Å². The largest absolute Gasteiger partial charge is 0.508 e. The number of aromatic nitrogens is 2. The van der Waals surface area contributed by atoms with Crippen LogP contribution in [0.1, 0.15) is 12.1 Å². The number of nitrogens with two attached hydrogens (primary N) is 1. The summed E-state index contributed by atoms with van der Waals surface area (Å²) in [5.74, 6) is 0.0279. The average Bonchev–Trinajstić information content (AvgIpc) is 3.00. The zero-order valence-electron chi connectivity index (χ0n) is 12.7. The van der Waals surface area contributed by atoms with E-state index in [2.05, 4.69) is 5.10 Å². The predicted octanol–water partition coefficient (Wildman–Crippen LogP) is 2.83. The van der Waals surface area contributed by atoms with E-state index >= 15 is 0 Å². The van der Waals surface area contributed by atoms with E-state index in [0.29, 0.717) is 11.3 Å². The lowest BCUT2D eigenvalue weighted by molar-refractivity contribution is 0.145. The molecule has 3 aromatic rings. The van der Waals surface area contributed by atoms with Crippen molar-refractivity contribution in [3.63, 3.8) is 0 Å². The number of primary sulfonamides is 1. The minimum Gasteiger partial charge on any atom is -0.508 e. The molecule has 130 valence electrons. The second kappa shape index (κ2) is 6.26. The molecule has 0 aliphatic rings. The van der Waals surface area contributed by atoms with Gasteiger partial charge >= 0.3 is 0 Å². The fourth-order valence-corrected chi connectivity index (χ4v) is 2.89. The highest BCUT2D eigenvalue weighted by molar-refractivity contribution is 7.89. The third-order valence-corrected chi connectivity index (χ3v) is 4.42. The molecule has 0 bridgehead atoms. The number of phenolic OH excluding ortho intramolecular Hbond substituents is 1. The molecule has 0 aliphatic heterocycles. The van der Waals surface area contributed by atoms with E-state index in [1.807, 2.05) is 0 Å². The molecule has 1 heterocycles. The Balaban J connectivity index is 2.20. The Labute approximate surface area is 142 Å². The molecule has 1 aromatic heterocycles. The number of aromatic hydroxyl groups is 1. The van der Waals surface area contributed by atoms with Crippen LogP contribution in [0.2, 0.25) is 0 Å². The summed E-state index contributed by atoms with van der Waals surface area (Å²) in [5, 5.41) is 18.4. The summed E-state index contributed by atoms with van der Waals surface area (Å²) in [6, 6.07) is 12.6. The van der Waals surface area contributed by atoms with Crippen molar-refractivity contribution in [1.29, 1.82) is 0 Å². The van der Waals surface area contributed by atoms with Crippen LogP contribution in [0, 0.1) is 0 Å². The Morgan fingerprint density at radius 3 is 2.36 bits per heavy atom. The zero-order valence-corrected chi connectivity index (χ0v) is 13.5. The van der Waals surface area contributed by atoms with Crippen molar-refractivity contribution in [2.75, 3.05) is 0 Å². The first-order chi connectivity index (χ1) is 11.8. The van der Waals surface area contributed by atoms with E-state index < -0.39 is 22.1 Å². The minimum absolute atomic E-state index is 0.0279. The Hall–Kier alpha value is -2.78. The topological polar surface area (TPSA) is 98.2 Å². The summed E-state index contributed by atoms with van der Waals surface area (Å²) in [6.45, 7) is 0. The van der Waals surface area contributed by atoms with E-state index in [9.17, 15) is 22.3 Å². The van der Waals surface area contributed by atoms with Crippen LogP contribution in [0.25, 0.3) is 16.9 Å². The molecule has 0 fully saturated rings. The molecule has 0 amide bonds. The quantitative estimate of drug-likeness (QED) is 0.743. The fourth-order valence-electron chi connectivity index (χ4n) is 2.33. The summed E-state index contributed by atoms with van der Waals surface area (Å²) in [5.41, 5.74) is 0.658. The Kier molecular flexibility index (Phi) is 4.27.